The smallest absolute Gasteiger partial charge is 0.215 e. The maximum atomic E-state index is 13.6. The minimum absolute atomic E-state index is 0.0504. The maximum Gasteiger partial charge on any atom is 0.215 e. The van der Waals surface area contributed by atoms with Crippen molar-refractivity contribution in [3.63, 3.8) is 0 Å². The summed E-state index contributed by atoms with van der Waals surface area (Å²) in [6.45, 7) is 0. The average Bonchev–Trinajstić information content (AvgIpc) is 3.21. The number of Topliss-reactive ketones (excluding diaryl/α,β-unsaturated/α-hetero) is 1. The molecule has 3 aromatic carbocycles. The van der Waals surface area contributed by atoms with E-state index in [2.05, 4.69) is 15.5 Å². The second-order valence-electron chi connectivity index (χ2n) is 5.99. The van der Waals surface area contributed by atoms with Crippen molar-refractivity contribution in [1.82, 2.24) is 20.2 Å². The standard InChI is InChI=1S/C21H15FN4OS/c22-17-12-7-13-18(14-17)26-21(23-24-25-26)28-20(16-10-5-2-6-11-16)19(27)15-8-3-1-4-9-15/h1-14,20H/t20-/m0/s1. The summed E-state index contributed by atoms with van der Waals surface area (Å²) >= 11 is 1.23. The molecule has 28 heavy (non-hydrogen) atoms. The summed E-state index contributed by atoms with van der Waals surface area (Å²) in [6.07, 6.45) is 0. The van der Waals surface area contributed by atoms with E-state index in [1.807, 2.05) is 48.5 Å². The summed E-state index contributed by atoms with van der Waals surface area (Å²) in [4.78, 5) is 13.2. The van der Waals surface area contributed by atoms with E-state index in [4.69, 9.17) is 0 Å². The Kier molecular flexibility index (Phi) is 5.25. The van der Waals surface area contributed by atoms with E-state index in [9.17, 15) is 9.18 Å². The Hall–Kier alpha value is -3.32. The van der Waals surface area contributed by atoms with Crippen LogP contribution in [-0.4, -0.2) is 26.0 Å². The predicted octanol–water partition coefficient (Wildman–Crippen LogP) is 4.52. The van der Waals surface area contributed by atoms with Gasteiger partial charge in [0.2, 0.25) is 5.16 Å². The fourth-order valence-corrected chi connectivity index (χ4v) is 3.85. The number of hydrogen-bond acceptors (Lipinski definition) is 5. The zero-order valence-electron chi connectivity index (χ0n) is 14.6. The molecule has 0 aliphatic rings. The molecule has 4 aromatic rings. The number of halogens is 1. The highest BCUT2D eigenvalue weighted by Crippen LogP contribution is 2.37. The van der Waals surface area contributed by atoms with E-state index in [1.54, 1.807) is 24.3 Å². The summed E-state index contributed by atoms with van der Waals surface area (Å²) in [6, 6.07) is 24.6. The van der Waals surface area contributed by atoms with Crippen LogP contribution in [0.25, 0.3) is 5.69 Å². The number of carbonyl (C=O) groups excluding carboxylic acids is 1. The van der Waals surface area contributed by atoms with Crippen molar-refractivity contribution >= 4 is 17.5 Å². The number of nitrogens with zero attached hydrogens (tertiary/aromatic N) is 4. The van der Waals surface area contributed by atoms with Gasteiger partial charge in [-0.05, 0) is 34.2 Å². The van der Waals surface area contributed by atoms with Gasteiger partial charge in [-0.3, -0.25) is 4.79 Å². The Labute approximate surface area is 165 Å². The van der Waals surface area contributed by atoms with Crippen LogP contribution in [0.15, 0.2) is 90.1 Å². The van der Waals surface area contributed by atoms with Crippen molar-refractivity contribution < 1.29 is 9.18 Å². The zero-order valence-corrected chi connectivity index (χ0v) is 15.5. The molecule has 0 aliphatic heterocycles. The first-order valence-corrected chi connectivity index (χ1v) is 9.45. The highest BCUT2D eigenvalue weighted by molar-refractivity contribution is 8.00. The largest absolute Gasteiger partial charge is 0.293 e. The van der Waals surface area contributed by atoms with Crippen molar-refractivity contribution in [3.8, 4) is 5.69 Å². The van der Waals surface area contributed by atoms with Crippen LogP contribution in [0.1, 0.15) is 21.2 Å². The fraction of sp³-hybridized carbons (Fsp3) is 0.0476. The minimum Gasteiger partial charge on any atom is -0.293 e. The van der Waals surface area contributed by atoms with Gasteiger partial charge in [0.1, 0.15) is 11.1 Å². The molecule has 0 fully saturated rings. The van der Waals surface area contributed by atoms with Gasteiger partial charge in [0.25, 0.3) is 0 Å². The average molecular weight is 390 g/mol. The molecule has 0 saturated carbocycles. The lowest BCUT2D eigenvalue weighted by atomic mass is 10.0. The number of hydrogen-bond donors (Lipinski definition) is 0. The molecule has 138 valence electrons. The molecule has 0 amide bonds. The number of tetrazole rings is 1. The molecule has 5 nitrogen and oxygen atoms in total. The molecule has 0 saturated heterocycles. The molecular formula is C21H15FN4OS. The molecule has 1 atom stereocenters. The van der Waals surface area contributed by atoms with Crippen LogP contribution in [0.5, 0.6) is 0 Å². The third-order valence-corrected chi connectivity index (χ3v) is 5.30. The van der Waals surface area contributed by atoms with Crippen molar-refractivity contribution in [2.24, 2.45) is 0 Å². The Balaban J connectivity index is 1.72. The first-order chi connectivity index (χ1) is 13.7. The summed E-state index contributed by atoms with van der Waals surface area (Å²) in [7, 11) is 0. The lowest BCUT2D eigenvalue weighted by Gasteiger charge is -2.15. The lowest BCUT2D eigenvalue weighted by Crippen LogP contribution is -2.11. The van der Waals surface area contributed by atoms with Crippen LogP contribution in [-0.2, 0) is 0 Å². The number of carbonyl (C=O) groups is 1. The highest BCUT2D eigenvalue weighted by Gasteiger charge is 2.26. The van der Waals surface area contributed by atoms with E-state index in [0.29, 0.717) is 16.4 Å². The monoisotopic (exact) mass is 390 g/mol. The lowest BCUT2D eigenvalue weighted by molar-refractivity contribution is 0.0989. The molecule has 0 aliphatic carbocycles. The summed E-state index contributed by atoms with van der Waals surface area (Å²) < 4.78 is 15.1. The van der Waals surface area contributed by atoms with Crippen LogP contribution >= 0.6 is 11.8 Å². The Morgan fingerprint density at radius 1 is 0.929 bits per heavy atom. The number of aromatic nitrogens is 4. The zero-order chi connectivity index (χ0) is 19.3. The number of thioether (sulfide) groups is 1. The second-order valence-corrected chi connectivity index (χ2v) is 7.06. The summed E-state index contributed by atoms with van der Waals surface area (Å²) in [5.74, 6) is -0.436. The molecule has 1 heterocycles. The van der Waals surface area contributed by atoms with Gasteiger partial charge in [-0.2, -0.15) is 4.68 Å². The van der Waals surface area contributed by atoms with Crippen molar-refractivity contribution in [3.05, 3.63) is 102 Å². The topological polar surface area (TPSA) is 60.7 Å². The van der Waals surface area contributed by atoms with Crippen LogP contribution in [0.3, 0.4) is 0 Å². The van der Waals surface area contributed by atoms with Gasteiger partial charge in [0, 0.05) is 5.56 Å². The normalized spacial score (nSPS) is 11.9. The summed E-state index contributed by atoms with van der Waals surface area (Å²) in [5, 5.41) is 11.6. The second kappa shape index (κ2) is 8.14. The molecule has 0 unspecified atom stereocenters. The number of rotatable bonds is 6. The van der Waals surface area contributed by atoms with Gasteiger partial charge >= 0.3 is 0 Å². The quantitative estimate of drug-likeness (QED) is 0.358. The molecule has 4 rings (SSSR count). The van der Waals surface area contributed by atoms with Gasteiger partial charge in [0.15, 0.2) is 5.78 Å². The van der Waals surface area contributed by atoms with Gasteiger partial charge in [-0.25, -0.2) is 4.39 Å². The van der Waals surface area contributed by atoms with Gasteiger partial charge < -0.3 is 0 Å². The van der Waals surface area contributed by atoms with Gasteiger partial charge in [0.05, 0.1) is 5.69 Å². The Morgan fingerprint density at radius 3 is 2.36 bits per heavy atom. The first-order valence-electron chi connectivity index (χ1n) is 8.57. The molecule has 0 radical (unpaired) electrons. The first kappa shape index (κ1) is 18.1. The molecule has 0 bridgehead atoms. The minimum atomic E-state index is -0.540. The Morgan fingerprint density at radius 2 is 1.64 bits per heavy atom. The van der Waals surface area contributed by atoms with Crippen LogP contribution in [0, 0.1) is 5.82 Å². The van der Waals surface area contributed by atoms with Gasteiger partial charge in [-0.1, -0.05) is 78.5 Å². The van der Waals surface area contributed by atoms with E-state index in [1.165, 1.54) is 28.6 Å². The number of ketones is 1. The van der Waals surface area contributed by atoms with Crippen molar-refractivity contribution in [1.29, 1.82) is 0 Å². The van der Waals surface area contributed by atoms with Crippen molar-refractivity contribution in [2.75, 3.05) is 0 Å². The van der Waals surface area contributed by atoms with Crippen molar-refractivity contribution in [2.45, 2.75) is 10.4 Å². The molecule has 0 N–H and O–H groups in total. The molecule has 0 spiro atoms. The molecule has 7 heteroatoms. The fourth-order valence-electron chi connectivity index (χ4n) is 2.78. The predicted molar refractivity (Wildman–Crippen MR) is 105 cm³/mol. The SMILES string of the molecule is O=C(c1ccccc1)[C@@H](Sc1nnnn1-c1cccc(F)c1)c1ccccc1. The van der Waals surface area contributed by atoms with E-state index in [0.717, 1.165) is 5.56 Å². The van der Waals surface area contributed by atoms with Gasteiger partial charge in [-0.15, -0.1) is 5.10 Å². The van der Waals surface area contributed by atoms with E-state index < -0.39 is 5.25 Å². The van der Waals surface area contributed by atoms with E-state index >= 15 is 0 Å². The van der Waals surface area contributed by atoms with Crippen LogP contribution < -0.4 is 0 Å². The summed E-state index contributed by atoms with van der Waals surface area (Å²) in [5.41, 5.74) is 1.94. The molecular weight excluding hydrogens is 375 g/mol. The highest BCUT2D eigenvalue weighted by atomic mass is 32.2. The van der Waals surface area contributed by atoms with E-state index in [-0.39, 0.29) is 11.6 Å². The third kappa shape index (κ3) is 3.84. The maximum absolute atomic E-state index is 13.6. The van der Waals surface area contributed by atoms with Crippen LogP contribution in [0.4, 0.5) is 4.39 Å². The Bertz CT molecular complexity index is 1090. The number of benzene rings is 3. The third-order valence-electron chi connectivity index (χ3n) is 4.12. The van der Waals surface area contributed by atoms with Crippen LogP contribution in [0.2, 0.25) is 0 Å². The molecule has 1 aromatic heterocycles.